The quantitative estimate of drug-likeness (QED) is 0.624. The summed E-state index contributed by atoms with van der Waals surface area (Å²) < 4.78 is 10.5. The van der Waals surface area contributed by atoms with Gasteiger partial charge in [-0.1, -0.05) is 13.8 Å². The highest BCUT2D eigenvalue weighted by atomic mass is 16.5. The Morgan fingerprint density at radius 1 is 1.38 bits per heavy atom. The van der Waals surface area contributed by atoms with E-state index in [1.54, 1.807) is 7.11 Å². The Hall–Kier alpha value is -0.650. The van der Waals surface area contributed by atoms with Crippen molar-refractivity contribution in [2.45, 2.75) is 58.0 Å². The number of methoxy groups -OCH3 is 1. The third kappa shape index (κ3) is 4.94. The Bertz CT molecular complexity index is 312. The molecule has 0 aromatic carbocycles. The van der Waals surface area contributed by atoms with E-state index in [4.69, 9.17) is 9.47 Å². The topological polar surface area (TPSA) is 50.8 Å². The maximum atomic E-state index is 12.4. The van der Waals surface area contributed by atoms with Crippen LogP contribution in [0.4, 0.5) is 0 Å². The van der Waals surface area contributed by atoms with E-state index in [2.05, 4.69) is 24.1 Å². The van der Waals surface area contributed by atoms with Crippen LogP contribution < -0.4 is 5.32 Å². The molecule has 0 aromatic heterocycles. The van der Waals surface area contributed by atoms with Crippen molar-refractivity contribution < 1.29 is 14.3 Å². The lowest BCUT2D eigenvalue weighted by Gasteiger charge is -2.31. The monoisotopic (exact) mass is 300 g/mol. The molecule has 1 saturated carbocycles. The van der Waals surface area contributed by atoms with Gasteiger partial charge in [0.2, 0.25) is 0 Å². The van der Waals surface area contributed by atoms with Gasteiger partial charge in [0.15, 0.2) is 0 Å². The average Bonchev–Trinajstić information content (AvgIpc) is 2.92. The number of carbonyl (C=O) groups excluding carboxylic acids is 1. The summed E-state index contributed by atoms with van der Waals surface area (Å²) in [5, 5.41) is 3.46. The molecule has 2 atom stereocenters. The van der Waals surface area contributed by atoms with Crippen LogP contribution in [-0.4, -0.2) is 62.4 Å². The standard InChI is InChI=1S/C16H32N2O3/c1-5-10-17-16(15(19)21-7-3)9-8-14(13-16)18(6-2)11-12-20-4/h14,17H,5-13H2,1-4H3. The molecule has 1 aliphatic rings. The molecule has 0 radical (unpaired) electrons. The summed E-state index contributed by atoms with van der Waals surface area (Å²) in [7, 11) is 1.73. The number of rotatable bonds is 10. The number of hydrogen-bond donors (Lipinski definition) is 1. The molecule has 0 saturated heterocycles. The number of likely N-dealkylation sites (N-methyl/N-ethyl adjacent to an activating group) is 1. The second kappa shape index (κ2) is 9.38. The smallest absolute Gasteiger partial charge is 0.326 e. The van der Waals surface area contributed by atoms with Crippen molar-refractivity contribution in [1.82, 2.24) is 10.2 Å². The molecule has 5 nitrogen and oxygen atoms in total. The van der Waals surface area contributed by atoms with Gasteiger partial charge in [0.05, 0.1) is 13.2 Å². The van der Waals surface area contributed by atoms with Gasteiger partial charge in [-0.05, 0) is 45.7 Å². The summed E-state index contributed by atoms with van der Waals surface area (Å²) in [6.07, 6.45) is 3.75. The van der Waals surface area contributed by atoms with Gasteiger partial charge < -0.3 is 14.8 Å². The van der Waals surface area contributed by atoms with Crippen LogP contribution in [0.3, 0.4) is 0 Å². The summed E-state index contributed by atoms with van der Waals surface area (Å²) in [6, 6.07) is 0.430. The van der Waals surface area contributed by atoms with E-state index in [1.165, 1.54) is 0 Å². The largest absolute Gasteiger partial charge is 0.465 e. The average molecular weight is 300 g/mol. The predicted octanol–water partition coefficient (Wildman–Crippen LogP) is 1.81. The molecule has 1 rings (SSSR count). The van der Waals surface area contributed by atoms with Crippen molar-refractivity contribution >= 4 is 5.97 Å². The Balaban J connectivity index is 2.71. The third-order valence-corrected chi connectivity index (χ3v) is 4.37. The molecule has 5 heteroatoms. The molecule has 0 bridgehead atoms. The molecule has 0 heterocycles. The lowest BCUT2D eigenvalue weighted by Crippen LogP contribution is -2.52. The molecular weight excluding hydrogens is 268 g/mol. The summed E-state index contributed by atoms with van der Waals surface area (Å²) in [4.78, 5) is 14.8. The summed E-state index contributed by atoms with van der Waals surface area (Å²) in [6.45, 7) is 10.1. The highest BCUT2D eigenvalue weighted by Gasteiger charge is 2.47. The zero-order chi connectivity index (χ0) is 15.7. The van der Waals surface area contributed by atoms with Crippen LogP contribution in [0.1, 0.15) is 46.5 Å². The molecule has 0 amide bonds. The van der Waals surface area contributed by atoms with Gasteiger partial charge in [0.25, 0.3) is 0 Å². The van der Waals surface area contributed by atoms with Gasteiger partial charge >= 0.3 is 5.97 Å². The molecular formula is C16H32N2O3. The fourth-order valence-electron chi connectivity index (χ4n) is 3.19. The minimum Gasteiger partial charge on any atom is -0.465 e. The van der Waals surface area contributed by atoms with E-state index in [0.29, 0.717) is 12.6 Å². The number of ether oxygens (including phenoxy) is 2. The summed E-state index contributed by atoms with van der Waals surface area (Å²) >= 11 is 0. The third-order valence-electron chi connectivity index (χ3n) is 4.37. The predicted molar refractivity (Wildman–Crippen MR) is 84.4 cm³/mol. The first kappa shape index (κ1) is 18.4. The number of esters is 1. The van der Waals surface area contributed by atoms with Crippen LogP contribution in [0.15, 0.2) is 0 Å². The van der Waals surface area contributed by atoms with Crippen LogP contribution >= 0.6 is 0 Å². The Morgan fingerprint density at radius 3 is 2.71 bits per heavy atom. The van der Waals surface area contributed by atoms with Crippen molar-refractivity contribution in [3.05, 3.63) is 0 Å². The first-order chi connectivity index (χ1) is 10.1. The highest BCUT2D eigenvalue weighted by molar-refractivity contribution is 5.81. The van der Waals surface area contributed by atoms with E-state index in [0.717, 1.165) is 51.9 Å². The van der Waals surface area contributed by atoms with E-state index in [1.807, 2.05) is 6.92 Å². The fourth-order valence-corrected chi connectivity index (χ4v) is 3.19. The van der Waals surface area contributed by atoms with Crippen LogP contribution in [0, 0.1) is 0 Å². The molecule has 0 aliphatic heterocycles. The van der Waals surface area contributed by atoms with E-state index < -0.39 is 5.54 Å². The molecule has 2 unspecified atom stereocenters. The first-order valence-corrected chi connectivity index (χ1v) is 8.28. The van der Waals surface area contributed by atoms with Gasteiger partial charge in [-0.2, -0.15) is 0 Å². The van der Waals surface area contributed by atoms with E-state index >= 15 is 0 Å². The van der Waals surface area contributed by atoms with Gasteiger partial charge in [0.1, 0.15) is 5.54 Å². The van der Waals surface area contributed by atoms with Gasteiger partial charge in [-0.15, -0.1) is 0 Å². The first-order valence-electron chi connectivity index (χ1n) is 8.28. The second-order valence-corrected chi connectivity index (χ2v) is 5.75. The van der Waals surface area contributed by atoms with Crippen molar-refractivity contribution in [3.8, 4) is 0 Å². The Kier molecular flexibility index (Phi) is 8.22. The zero-order valence-corrected chi connectivity index (χ0v) is 14.1. The van der Waals surface area contributed by atoms with Crippen molar-refractivity contribution in [2.24, 2.45) is 0 Å². The number of hydrogen-bond acceptors (Lipinski definition) is 5. The summed E-state index contributed by atoms with van der Waals surface area (Å²) in [5.41, 5.74) is -0.489. The van der Waals surface area contributed by atoms with E-state index in [-0.39, 0.29) is 5.97 Å². The lowest BCUT2D eigenvalue weighted by molar-refractivity contribution is -0.151. The lowest BCUT2D eigenvalue weighted by atomic mass is 9.96. The van der Waals surface area contributed by atoms with Gasteiger partial charge in [-0.25, -0.2) is 0 Å². The van der Waals surface area contributed by atoms with Crippen molar-refractivity contribution in [1.29, 1.82) is 0 Å². The fraction of sp³-hybridized carbons (Fsp3) is 0.938. The normalized spacial score (nSPS) is 25.5. The minimum absolute atomic E-state index is 0.0799. The highest BCUT2D eigenvalue weighted by Crippen LogP contribution is 2.34. The van der Waals surface area contributed by atoms with Crippen LogP contribution in [-0.2, 0) is 14.3 Å². The number of nitrogens with zero attached hydrogens (tertiary/aromatic N) is 1. The van der Waals surface area contributed by atoms with Crippen molar-refractivity contribution in [2.75, 3.05) is 40.0 Å². The van der Waals surface area contributed by atoms with Crippen LogP contribution in [0.2, 0.25) is 0 Å². The number of nitrogens with one attached hydrogen (secondary N) is 1. The SMILES string of the molecule is CCCNC1(C(=O)OCC)CCC(N(CC)CCOC)C1. The molecule has 0 spiro atoms. The molecule has 1 aliphatic carbocycles. The molecule has 21 heavy (non-hydrogen) atoms. The van der Waals surface area contributed by atoms with Crippen LogP contribution in [0.5, 0.6) is 0 Å². The second-order valence-electron chi connectivity index (χ2n) is 5.75. The molecule has 1 fully saturated rings. The Morgan fingerprint density at radius 2 is 2.14 bits per heavy atom. The van der Waals surface area contributed by atoms with Gasteiger partial charge in [-0.3, -0.25) is 9.69 Å². The zero-order valence-electron chi connectivity index (χ0n) is 14.1. The maximum Gasteiger partial charge on any atom is 0.326 e. The molecule has 1 N–H and O–H groups in total. The maximum absolute atomic E-state index is 12.4. The number of carbonyl (C=O) groups is 1. The minimum atomic E-state index is -0.489. The van der Waals surface area contributed by atoms with Gasteiger partial charge in [0, 0.05) is 19.7 Å². The van der Waals surface area contributed by atoms with Crippen LogP contribution in [0.25, 0.3) is 0 Å². The Labute approximate surface area is 129 Å². The molecule has 124 valence electrons. The van der Waals surface area contributed by atoms with Crippen molar-refractivity contribution in [3.63, 3.8) is 0 Å². The van der Waals surface area contributed by atoms with E-state index in [9.17, 15) is 4.79 Å². The molecule has 0 aromatic rings. The summed E-state index contributed by atoms with van der Waals surface area (Å²) in [5.74, 6) is -0.0799.